The molecule has 40 heavy (non-hydrogen) atoms. The summed E-state index contributed by atoms with van der Waals surface area (Å²) in [6.07, 6.45) is -0.654. The maximum Gasteiger partial charge on any atom is 0.404 e. The second-order valence-electron chi connectivity index (χ2n) is 10.8. The Bertz CT molecular complexity index is 1240. The number of hydrogen-bond donors (Lipinski definition) is 0. The molecular formula is C28H30Cl3F3N2O3S. The highest BCUT2D eigenvalue weighted by Gasteiger charge is 2.49. The van der Waals surface area contributed by atoms with E-state index in [4.69, 9.17) is 34.8 Å². The van der Waals surface area contributed by atoms with Crippen LogP contribution in [0.25, 0.3) is 0 Å². The zero-order valence-corrected chi connectivity index (χ0v) is 25.2. The van der Waals surface area contributed by atoms with E-state index in [0.29, 0.717) is 36.1 Å². The van der Waals surface area contributed by atoms with E-state index in [1.807, 2.05) is 0 Å². The van der Waals surface area contributed by atoms with Crippen LogP contribution in [-0.4, -0.2) is 64.8 Å². The highest BCUT2D eigenvalue weighted by molar-refractivity contribution is 7.92. The van der Waals surface area contributed by atoms with Gasteiger partial charge < -0.3 is 14.4 Å². The lowest BCUT2D eigenvalue weighted by atomic mass is 9.68. The molecular weight excluding hydrogens is 608 g/mol. The van der Waals surface area contributed by atoms with Gasteiger partial charge in [0, 0.05) is 43.3 Å². The van der Waals surface area contributed by atoms with Gasteiger partial charge in [0.25, 0.3) is 5.91 Å². The minimum absolute atomic E-state index is 0.0385. The second-order valence-corrected chi connectivity index (χ2v) is 13.9. The molecule has 2 fully saturated rings. The molecule has 0 N–H and O–H groups in total. The fourth-order valence-electron chi connectivity index (χ4n) is 5.74. The number of amides is 2. The Morgan fingerprint density at radius 3 is 2.08 bits per heavy atom. The molecule has 1 heterocycles. The summed E-state index contributed by atoms with van der Waals surface area (Å²) in [7, 11) is 3.26. The zero-order chi connectivity index (χ0) is 29.4. The number of halogens is 6. The summed E-state index contributed by atoms with van der Waals surface area (Å²) in [5.41, 5.74) is -0.00969. The van der Waals surface area contributed by atoms with E-state index < -0.39 is 29.2 Å². The van der Waals surface area contributed by atoms with Crippen molar-refractivity contribution in [2.45, 2.75) is 60.8 Å². The van der Waals surface area contributed by atoms with Crippen LogP contribution in [0.2, 0.25) is 15.1 Å². The van der Waals surface area contributed by atoms with Crippen LogP contribution in [-0.2, 0) is 16.0 Å². The number of nitrogens with zero attached hydrogens (tertiary/aromatic N) is 2. The third-order valence-corrected chi connectivity index (χ3v) is 10.6. The fraction of sp³-hybridized carbons (Fsp3) is 0.500. The van der Waals surface area contributed by atoms with Gasteiger partial charge in [-0.3, -0.25) is 9.59 Å². The predicted octanol–water partition coefficient (Wildman–Crippen LogP) is 7.35. The van der Waals surface area contributed by atoms with E-state index in [2.05, 4.69) is 0 Å². The standard InChI is InChI=1S/C28H30Cl3F3N2O3S/c1-35(2)25(37)22-4-3-21(16-23(22)31)40(39)20-5-7-27(8-6-20)9-11-36(12-10-27)26(38)24(28(32,33)34)17-13-18(29)15-19(30)14-17/h3-4,13-16,20,24H,5-12H2,1-2H3. The fourth-order valence-corrected chi connectivity index (χ4v) is 8.10. The summed E-state index contributed by atoms with van der Waals surface area (Å²) in [5.74, 6) is -3.56. The molecule has 218 valence electrons. The number of benzene rings is 2. The van der Waals surface area contributed by atoms with Gasteiger partial charge in [0.2, 0.25) is 5.91 Å². The molecule has 2 aliphatic rings. The Morgan fingerprint density at radius 1 is 1.00 bits per heavy atom. The van der Waals surface area contributed by atoms with E-state index in [1.54, 1.807) is 32.3 Å². The van der Waals surface area contributed by atoms with Crippen molar-refractivity contribution in [3.63, 3.8) is 0 Å². The van der Waals surface area contributed by atoms with Gasteiger partial charge in [-0.1, -0.05) is 34.8 Å². The van der Waals surface area contributed by atoms with Crippen molar-refractivity contribution >= 4 is 57.8 Å². The Morgan fingerprint density at radius 2 is 1.57 bits per heavy atom. The van der Waals surface area contributed by atoms with E-state index in [-0.39, 0.29) is 50.3 Å². The van der Waals surface area contributed by atoms with Crippen LogP contribution in [0, 0.1) is 5.41 Å². The number of carbonyl (C=O) groups excluding carboxylic acids is 2. The van der Waals surface area contributed by atoms with E-state index in [9.17, 15) is 27.3 Å². The highest BCUT2D eigenvalue weighted by atomic mass is 35.5. The molecule has 0 bridgehead atoms. The molecule has 2 aromatic rings. The summed E-state index contributed by atoms with van der Waals surface area (Å²) in [6.45, 7) is 0.453. The lowest BCUT2D eigenvalue weighted by Crippen LogP contribution is -2.48. The third kappa shape index (κ3) is 6.86. The summed E-state index contributed by atoms with van der Waals surface area (Å²) in [6, 6.07) is 8.47. The molecule has 1 aliphatic carbocycles. The van der Waals surface area contributed by atoms with Gasteiger partial charge in [0.05, 0.1) is 10.6 Å². The summed E-state index contributed by atoms with van der Waals surface area (Å²) in [5, 5.41) is 0.248. The Labute approximate surface area is 250 Å². The largest absolute Gasteiger partial charge is 0.611 e. The molecule has 1 aliphatic heterocycles. The quantitative estimate of drug-likeness (QED) is 0.322. The van der Waals surface area contributed by atoms with Crippen molar-refractivity contribution in [2.24, 2.45) is 5.41 Å². The summed E-state index contributed by atoms with van der Waals surface area (Å²) >= 11 is 16.9. The zero-order valence-electron chi connectivity index (χ0n) is 22.1. The Hall–Kier alpha value is -1.65. The van der Waals surface area contributed by atoms with Crippen molar-refractivity contribution in [3.8, 4) is 0 Å². The number of hydrogen-bond acceptors (Lipinski definition) is 3. The molecule has 12 heteroatoms. The van der Waals surface area contributed by atoms with Crippen molar-refractivity contribution in [3.05, 3.63) is 62.6 Å². The van der Waals surface area contributed by atoms with Crippen molar-refractivity contribution in [2.75, 3.05) is 27.2 Å². The average molecular weight is 638 g/mol. The van der Waals surface area contributed by atoms with Gasteiger partial charge in [0.1, 0.15) is 5.25 Å². The number of alkyl halides is 3. The molecule has 1 saturated heterocycles. The smallest absolute Gasteiger partial charge is 0.404 e. The first-order valence-electron chi connectivity index (χ1n) is 12.9. The SMILES string of the molecule is CN(C)C(=O)c1ccc([S+]([O-])C2CCC3(CC2)CCN(C(=O)C(c2cc(Cl)cc(Cl)c2)C(F)(F)F)CC3)cc1Cl. The van der Waals surface area contributed by atoms with Crippen LogP contribution in [0.15, 0.2) is 41.3 Å². The molecule has 1 spiro atoms. The first kappa shape index (κ1) is 31.3. The van der Waals surface area contributed by atoms with Crippen LogP contribution in [0.4, 0.5) is 13.2 Å². The molecule has 5 nitrogen and oxygen atoms in total. The van der Waals surface area contributed by atoms with Gasteiger partial charge >= 0.3 is 6.18 Å². The van der Waals surface area contributed by atoms with Gasteiger partial charge in [-0.2, -0.15) is 13.2 Å². The van der Waals surface area contributed by atoms with Crippen LogP contribution in [0.1, 0.15) is 60.4 Å². The van der Waals surface area contributed by atoms with Gasteiger partial charge in [0.15, 0.2) is 10.8 Å². The number of likely N-dealkylation sites (tertiary alicyclic amines) is 1. The lowest BCUT2D eigenvalue weighted by Gasteiger charge is -2.46. The molecule has 2 unspecified atom stereocenters. The molecule has 1 saturated carbocycles. The van der Waals surface area contributed by atoms with E-state index in [1.165, 1.54) is 15.9 Å². The van der Waals surface area contributed by atoms with Crippen LogP contribution in [0.5, 0.6) is 0 Å². The molecule has 2 atom stereocenters. The molecule has 2 aromatic carbocycles. The number of piperidine rings is 1. The normalized spacial score (nSPS) is 19.4. The van der Waals surface area contributed by atoms with Crippen molar-refractivity contribution < 1.29 is 27.3 Å². The van der Waals surface area contributed by atoms with Crippen molar-refractivity contribution in [1.82, 2.24) is 9.80 Å². The van der Waals surface area contributed by atoms with Crippen molar-refractivity contribution in [1.29, 1.82) is 0 Å². The third-order valence-electron chi connectivity index (χ3n) is 8.03. The highest BCUT2D eigenvalue weighted by Crippen LogP contribution is 2.48. The van der Waals surface area contributed by atoms with E-state index in [0.717, 1.165) is 25.0 Å². The molecule has 4 rings (SSSR count). The molecule has 0 aromatic heterocycles. The Balaban J connectivity index is 1.38. The minimum atomic E-state index is -4.79. The minimum Gasteiger partial charge on any atom is -0.611 e. The van der Waals surface area contributed by atoms with Crippen LogP contribution >= 0.6 is 34.8 Å². The van der Waals surface area contributed by atoms with Gasteiger partial charge in [-0.15, -0.1) is 0 Å². The van der Waals surface area contributed by atoms with Gasteiger partial charge in [-0.25, -0.2) is 0 Å². The maximum atomic E-state index is 14.0. The predicted molar refractivity (Wildman–Crippen MR) is 152 cm³/mol. The molecule has 0 radical (unpaired) electrons. The number of rotatable bonds is 5. The second kappa shape index (κ2) is 12.3. The van der Waals surface area contributed by atoms with E-state index >= 15 is 0 Å². The lowest BCUT2D eigenvalue weighted by molar-refractivity contribution is -0.173. The first-order valence-corrected chi connectivity index (χ1v) is 15.3. The van der Waals surface area contributed by atoms with Crippen LogP contribution < -0.4 is 0 Å². The number of carbonyl (C=O) groups is 2. The topological polar surface area (TPSA) is 63.7 Å². The summed E-state index contributed by atoms with van der Waals surface area (Å²) in [4.78, 5) is 28.6. The first-order chi connectivity index (χ1) is 18.7. The van der Waals surface area contributed by atoms with Gasteiger partial charge in [-0.05, 0) is 91.0 Å². The summed E-state index contributed by atoms with van der Waals surface area (Å²) < 4.78 is 55.4. The maximum absolute atomic E-state index is 14.0. The average Bonchev–Trinajstić information content (AvgIpc) is 2.87. The molecule has 2 amide bonds. The monoisotopic (exact) mass is 636 g/mol. The Kier molecular flexibility index (Phi) is 9.62. The van der Waals surface area contributed by atoms with Crippen LogP contribution in [0.3, 0.4) is 0 Å².